The molecule has 2 atom stereocenters. The molecule has 0 aromatic heterocycles. The molecule has 1 aliphatic rings. The summed E-state index contributed by atoms with van der Waals surface area (Å²) in [5, 5.41) is 35.7. The van der Waals surface area contributed by atoms with Crippen LogP contribution in [0.2, 0.25) is 0 Å². The molecular formula is C20H31N3O11. The van der Waals surface area contributed by atoms with Crippen LogP contribution in [-0.4, -0.2) is 143 Å². The molecule has 0 spiro atoms. The molecule has 34 heavy (non-hydrogen) atoms. The SMILES string of the molecule is C=CN1CCC(=O)C1C(COCCN(CC(=O)O)CC(=O)O)OCCN(CC(=O)O)CC(=O)O. The van der Waals surface area contributed by atoms with Crippen LogP contribution in [0.4, 0.5) is 0 Å². The number of carbonyl (C=O) groups is 5. The minimum Gasteiger partial charge on any atom is -0.480 e. The molecule has 14 heteroatoms. The highest BCUT2D eigenvalue weighted by Gasteiger charge is 2.37. The van der Waals surface area contributed by atoms with Crippen LogP contribution >= 0.6 is 0 Å². The van der Waals surface area contributed by atoms with Gasteiger partial charge in [0.15, 0.2) is 5.78 Å². The first kappa shape index (κ1) is 29.0. The number of carboxylic acid groups (broad SMARTS) is 4. The van der Waals surface area contributed by atoms with Gasteiger partial charge in [-0.1, -0.05) is 6.58 Å². The summed E-state index contributed by atoms with van der Waals surface area (Å²) in [5.74, 6) is -4.88. The van der Waals surface area contributed by atoms with Crippen LogP contribution in [0.15, 0.2) is 12.8 Å². The number of hydrogen-bond donors (Lipinski definition) is 4. The number of carbonyl (C=O) groups excluding carboxylic acids is 1. The van der Waals surface area contributed by atoms with Crippen LogP contribution < -0.4 is 0 Å². The van der Waals surface area contributed by atoms with E-state index in [-0.39, 0.29) is 45.1 Å². The maximum atomic E-state index is 12.4. The molecule has 0 radical (unpaired) electrons. The Hall–Kier alpha value is -3.07. The van der Waals surface area contributed by atoms with Gasteiger partial charge < -0.3 is 34.8 Å². The highest BCUT2D eigenvalue weighted by atomic mass is 16.5. The second-order valence-electron chi connectivity index (χ2n) is 7.56. The zero-order valence-electron chi connectivity index (χ0n) is 18.7. The lowest BCUT2D eigenvalue weighted by atomic mass is 10.1. The van der Waals surface area contributed by atoms with Crippen molar-refractivity contribution in [1.82, 2.24) is 14.7 Å². The van der Waals surface area contributed by atoms with Crippen LogP contribution in [0.3, 0.4) is 0 Å². The Kier molecular flexibility index (Phi) is 12.7. The molecule has 4 N–H and O–H groups in total. The highest BCUT2D eigenvalue weighted by molar-refractivity contribution is 5.87. The third-order valence-electron chi connectivity index (χ3n) is 4.90. The lowest BCUT2D eigenvalue weighted by Gasteiger charge is -2.30. The molecule has 192 valence electrons. The average Bonchev–Trinajstić information content (AvgIpc) is 3.08. The zero-order valence-corrected chi connectivity index (χ0v) is 18.7. The fraction of sp³-hybridized carbons (Fsp3) is 0.650. The minimum absolute atomic E-state index is 0.0140. The molecule has 14 nitrogen and oxygen atoms in total. The third kappa shape index (κ3) is 11.2. The van der Waals surface area contributed by atoms with Crippen molar-refractivity contribution in [3.63, 3.8) is 0 Å². The average molecular weight is 489 g/mol. The fourth-order valence-corrected chi connectivity index (χ4v) is 3.49. The van der Waals surface area contributed by atoms with Gasteiger partial charge in [-0.2, -0.15) is 0 Å². The van der Waals surface area contributed by atoms with Crippen molar-refractivity contribution in [2.45, 2.75) is 18.6 Å². The van der Waals surface area contributed by atoms with Crippen molar-refractivity contribution in [3.8, 4) is 0 Å². The molecule has 0 saturated carbocycles. The van der Waals surface area contributed by atoms with E-state index in [1.165, 1.54) is 16.0 Å². The van der Waals surface area contributed by atoms with Gasteiger partial charge in [-0.3, -0.25) is 33.8 Å². The topological polar surface area (TPSA) is 194 Å². The largest absolute Gasteiger partial charge is 0.480 e. The Bertz CT molecular complexity index is 713. The van der Waals surface area contributed by atoms with Gasteiger partial charge in [0.2, 0.25) is 0 Å². The fourth-order valence-electron chi connectivity index (χ4n) is 3.49. The maximum Gasteiger partial charge on any atom is 0.317 e. The molecule has 0 aliphatic carbocycles. The van der Waals surface area contributed by atoms with Crippen molar-refractivity contribution in [2.24, 2.45) is 0 Å². The zero-order chi connectivity index (χ0) is 25.7. The number of nitrogens with zero attached hydrogens (tertiary/aromatic N) is 3. The Morgan fingerprint density at radius 3 is 1.85 bits per heavy atom. The number of rotatable bonds is 19. The van der Waals surface area contributed by atoms with Crippen LogP contribution in [0.1, 0.15) is 6.42 Å². The normalized spacial score (nSPS) is 16.7. The van der Waals surface area contributed by atoms with Crippen molar-refractivity contribution in [2.75, 3.05) is 65.6 Å². The van der Waals surface area contributed by atoms with Crippen molar-refractivity contribution < 1.29 is 53.9 Å². The van der Waals surface area contributed by atoms with E-state index in [4.69, 9.17) is 29.9 Å². The van der Waals surface area contributed by atoms with Crippen LogP contribution in [0, 0.1) is 0 Å². The van der Waals surface area contributed by atoms with Gasteiger partial charge in [-0.05, 0) is 6.20 Å². The van der Waals surface area contributed by atoms with Crippen molar-refractivity contribution >= 4 is 29.7 Å². The number of hydrogen-bond acceptors (Lipinski definition) is 10. The van der Waals surface area contributed by atoms with Crippen molar-refractivity contribution in [3.05, 3.63) is 12.8 Å². The summed E-state index contributed by atoms with van der Waals surface area (Å²) in [6.45, 7) is 1.95. The van der Waals surface area contributed by atoms with Gasteiger partial charge in [0.25, 0.3) is 0 Å². The first-order chi connectivity index (χ1) is 16.0. The molecule has 0 aromatic rings. The van der Waals surface area contributed by atoms with Crippen LogP contribution in [0.5, 0.6) is 0 Å². The van der Waals surface area contributed by atoms with Gasteiger partial charge >= 0.3 is 23.9 Å². The second-order valence-corrected chi connectivity index (χ2v) is 7.56. The second kappa shape index (κ2) is 15.0. The highest BCUT2D eigenvalue weighted by Crippen LogP contribution is 2.20. The summed E-state index contributed by atoms with van der Waals surface area (Å²) in [7, 11) is 0. The van der Waals surface area contributed by atoms with Gasteiger partial charge in [-0.15, -0.1) is 0 Å². The molecule has 1 heterocycles. The van der Waals surface area contributed by atoms with E-state index in [1.54, 1.807) is 4.90 Å². The summed E-state index contributed by atoms with van der Waals surface area (Å²) in [6, 6.07) is -0.709. The monoisotopic (exact) mass is 489 g/mol. The van der Waals surface area contributed by atoms with Gasteiger partial charge in [-0.25, -0.2) is 0 Å². The molecule has 0 aromatic carbocycles. The Morgan fingerprint density at radius 2 is 1.41 bits per heavy atom. The van der Waals surface area contributed by atoms with Crippen molar-refractivity contribution in [1.29, 1.82) is 0 Å². The molecule has 1 fully saturated rings. The van der Waals surface area contributed by atoms with Crippen LogP contribution in [-0.2, 0) is 33.4 Å². The Labute approximate surface area is 195 Å². The molecule has 0 amide bonds. The molecule has 1 saturated heterocycles. The number of aliphatic carboxylic acids is 4. The lowest BCUT2D eigenvalue weighted by molar-refractivity contribution is -0.144. The number of Topliss-reactive ketones (excluding diaryl/α,β-unsaturated/α-hetero) is 1. The number of likely N-dealkylation sites (tertiary alicyclic amines) is 1. The summed E-state index contributed by atoms with van der Waals surface area (Å²) >= 11 is 0. The van der Waals surface area contributed by atoms with E-state index in [0.717, 1.165) is 0 Å². The number of carboxylic acids is 4. The smallest absolute Gasteiger partial charge is 0.317 e. The Balaban J connectivity index is 2.73. The molecule has 1 rings (SSSR count). The van der Waals surface area contributed by atoms with E-state index in [9.17, 15) is 24.0 Å². The standard InChI is InChI=1S/C20H31N3O11/c1-2-23-4-3-14(24)20(23)15(34-8-6-22(11-18(29)30)12-19(31)32)13-33-7-5-21(9-16(25)26)10-17(27)28/h2,15,20H,1,3-13H2,(H,25,26)(H,27,28)(H,29,30)(H,31,32). The maximum absolute atomic E-state index is 12.4. The predicted molar refractivity (Wildman–Crippen MR) is 114 cm³/mol. The summed E-state index contributed by atoms with van der Waals surface area (Å²) in [5.41, 5.74) is 0. The summed E-state index contributed by atoms with van der Waals surface area (Å²) < 4.78 is 11.4. The lowest BCUT2D eigenvalue weighted by Crippen LogP contribution is -2.46. The van der Waals surface area contributed by atoms with E-state index in [2.05, 4.69) is 6.58 Å². The molecule has 0 bridgehead atoms. The predicted octanol–water partition coefficient (Wildman–Crippen LogP) is -1.88. The van der Waals surface area contributed by atoms with E-state index in [1.807, 2.05) is 0 Å². The first-order valence-corrected chi connectivity index (χ1v) is 10.5. The summed E-state index contributed by atoms with van der Waals surface area (Å²) in [4.78, 5) is 60.1. The van der Waals surface area contributed by atoms with Gasteiger partial charge in [0, 0.05) is 26.1 Å². The van der Waals surface area contributed by atoms with E-state index in [0.29, 0.717) is 6.54 Å². The molecule has 1 aliphatic heterocycles. The van der Waals surface area contributed by atoms with Gasteiger partial charge in [0.05, 0.1) is 46.0 Å². The van der Waals surface area contributed by atoms with Crippen LogP contribution in [0.25, 0.3) is 0 Å². The van der Waals surface area contributed by atoms with E-state index < -0.39 is 62.2 Å². The third-order valence-corrected chi connectivity index (χ3v) is 4.90. The minimum atomic E-state index is -1.20. The van der Waals surface area contributed by atoms with Gasteiger partial charge in [0.1, 0.15) is 12.1 Å². The molecule has 2 unspecified atom stereocenters. The molecular weight excluding hydrogens is 458 g/mol. The Morgan fingerprint density at radius 1 is 0.941 bits per heavy atom. The first-order valence-electron chi connectivity index (χ1n) is 10.5. The summed E-state index contributed by atoms with van der Waals surface area (Å²) in [6.07, 6.45) is 0.970. The quantitative estimate of drug-likeness (QED) is 0.147. The number of ether oxygens (including phenoxy) is 2. The van der Waals surface area contributed by atoms with E-state index >= 15 is 0 Å². The number of ketones is 1.